The van der Waals surface area contributed by atoms with Crippen LogP contribution in [0.1, 0.15) is 25.3 Å². The highest BCUT2D eigenvalue weighted by Crippen LogP contribution is 2.33. The van der Waals surface area contributed by atoms with Crippen LogP contribution in [0.3, 0.4) is 0 Å². The Labute approximate surface area is 125 Å². The Morgan fingerprint density at radius 3 is 2.52 bits per heavy atom. The number of para-hydroxylation sites is 1. The highest BCUT2D eigenvalue weighted by atomic mass is 16.5. The average molecular weight is 284 g/mol. The van der Waals surface area contributed by atoms with Gasteiger partial charge in [-0.25, -0.2) is 0 Å². The van der Waals surface area contributed by atoms with E-state index in [1.54, 1.807) is 19.2 Å². The summed E-state index contributed by atoms with van der Waals surface area (Å²) in [6, 6.07) is 14.7. The van der Waals surface area contributed by atoms with Crippen molar-refractivity contribution in [1.29, 1.82) is 0 Å². The van der Waals surface area contributed by atoms with Crippen LogP contribution in [0, 0.1) is 5.21 Å². The molecule has 0 atom stereocenters. The maximum Gasteiger partial charge on any atom is 0.244 e. The highest BCUT2D eigenvalue weighted by molar-refractivity contribution is 5.57. The van der Waals surface area contributed by atoms with Gasteiger partial charge in [0.25, 0.3) is 0 Å². The first-order chi connectivity index (χ1) is 10.3. The molecule has 0 aliphatic carbocycles. The van der Waals surface area contributed by atoms with Gasteiger partial charge in [-0.2, -0.15) is 0 Å². The predicted molar refractivity (Wildman–Crippen MR) is 83.4 cm³/mol. The lowest BCUT2D eigenvalue weighted by Crippen LogP contribution is -1.95. The minimum Gasteiger partial charge on any atom is -0.594 e. The number of nitrogens with zero attached hydrogens (tertiary/aromatic N) is 2. The lowest BCUT2D eigenvalue weighted by Gasteiger charge is -2.09. The third-order valence-corrected chi connectivity index (χ3v) is 3.27. The fourth-order valence-corrected chi connectivity index (χ4v) is 2.12. The van der Waals surface area contributed by atoms with Gasteiger partial charge in [0.15, 0.2) is 11.4 Å². The second kappa shape index (κ2) is 7.43. The van der Waals surface area contributed by atoms with Crippen LogP contribution in [0.2, 0.25) is 0 Å². The van der Waals surface area contributed by atoms with Crippen molar-refractivity contribution < 1.29 is 9.60 Å². The molecule has 0 spiro atoms. The molecule has 0 aliphatic heterocycles. The Morgan fingerprint density at radius 1 is 1.10 bits per heavy atom. The first kappa shape index (κ1) is 15.0. The Balaban J connectivity index is 2.41. The summed E-state index contributed by atoms with van der Waals surface area (Å²) in [5.41, 5.74) is 2.16. The number of hydrogen-bond acceptors (Lipinski definition) is 3. The Kier molecular flexibility index (Phi) is 5.32. The second-order valence-electron chi connectivity index (χ2n) is 4.78. The van der Waals surface area contributed by atoms with Gasteiger partial charge in [0.05, 0.1) is 7.11 Å². The van der Waals surface area contributed by atoms with Gasteiger partial charge in [0.1, 0.15) is 0 Å². The van der Waals surface area contributed by atoms with E-state index < -0.39 is 0 Å². The molecule has 0 unspecified atom stereocenters. The van der Waals surface area contributed by atoms with Crippen LogP contribution in [-0.2, 0) is 6.42 Å². The van der Waals surface area contributed by atoms with E-state index in [0.29, 0.717) is 22.0 Å². The molecule has 4 heteroatoms. The van der Waals surface area contributed by atoms with Crippen LogP contribution in [-0.4, -0.2) is 12.0 Å². The van der Waals surface area contributed by atoms with E-state index in [4.69, 9.17) is 4.74 Å². The zero-order chi connectivity index (χ0) is 15.1. The van der Waals surface area contributed by atoms with Crippen LogP contribution in [0.5, 0.6) is 5.75 Å². The van der Waals surface area contributed by atoms with Crippen LogP contribution in [0.15, 0.2) is 53.6 Å². The summed E-state index contributed by atoms with van der Waals surface area (Å²) in [4.78, 5) is 0.646. The molecule has 0 aromatic heterocycles. The van der Waals surface area contributed by atoms with Gasteiger partial charge in [-0.05, 0) is 29.3 Å². The van der Waals surface area contributed by atoms with Crippen molar-refractivity contribution in [2.45, 2.75) is 26.2 Å². The second-order valence-corrected chi connectivity index (χ2v) is 4.78. The molecule has 0 fully saturated rings. The van der Waals surface area contributed by atoms with Crippen molar-refractivity contribution >= 4 is 11.4 Å². The minimum absolute atomic E-state index is 0.504. The molecule has 0 heterocycles. The van der Waals surface area contributed by atoms with Crippen LogP contribution in [0.4, 0.5) is 11.4 Å². The molecule has 0 saturated carbocycles. The average Bonchev–Trinajstić information content (AvgIpc) is 2.54. The highest BCUT2D eigenvalue weighted by Gasteiger charge is 2.13. The normalized spacial score (nSPS) is 11.4. The monoisotopic (exact) mass is 284 g/mol. The van der Waals surface area contributed by atoms with E-state index in [2.05, 4.69) is 12.0 Å². The van der Waals surface area contributed by atoms with Gasteiger partial charge in [0.2, 0.25) is 5.69 Å². The summed E-state index contributed by atoms with van der Waals surface area (Å²) in [6.07, 6.45) is 3.03. The number of aryl methyl sites for hydroxylation is 1. The van der Waals surface area contributed by atoms with Crippen molar-refractivity contribution in [2.24, 2.45) is 5.11 Å². The molecule has 2 aromatic rings. The van der Waals surface area contributed by atoms with Crippen molar-refractivity contribution in [3.63, 3.8) is 0 Å². The van der Waals surface area contributed by atoms with Crippen LogP contribution in [0.25, 0.3) is 0 Å². The summed E-state index contributed by atoms with van der Waals surface area (Å²) in [5.74, 6) is 0.625. The molecule has 0 bridgehead atoms. The van der Waals surface area contributed by atoms with Crippen LogP contribution < -0.4 is 4.74 Å². The lowest BCUT2D eigenvalue weighted by atomic mass is 10.1. The topological polar surface area (TPSA) is 47.7 Å². The van der Waals surface area contributed by atoms with E-state index >= 15 is 0 Å². The third kappa shape index (κ3) is 3.81. The SMILES string of the molecule is CCCCc1cccc(OC)c1N=[N+]([O-])c1ccccc1. The summed E-state index contributed by atoms with van der Waals surface area (Å²) >= 11 is 0. The zero-order valence-electron chi connectivity index (χ0n) is 12.5. The standard InChI is InChI=1S/C17H20N2O2/c1-3-4-9-14-10-8-13-16(21-2)17(14)18-19(20)15-11-6-5-7-12-15/h5-8,10-13H,3-4,9H2,1-2H3. The molecule has 0 saturated heterocycles. The van der Waals surface area contributed by atoms with Crippen molar-refractivity contribution in [2.75, 3.05) is 7.11 Å². The molecule has 0 aliphatic rings. The predicted octanol–water partition coefficient (Wildman–Crippen LogP) is 4.96. The molecule has 0 radical (unpaired) electrons. The third-order valence-electron chi connectivity index (χ3n) is 3.27. The molecule has 2 rings (SSSR count). The summed E-state index contributed by atoms with van der Waals surface area (Å²) in [7, 11) is 1.59. The van der Waals surface area contributed by atoms with E-state index in [1.165, 1.54) is 0 Å². The quantitative estimate of drug-likeness (QED) is 0.427. The minimum atomic E-state index is 0.504. The molecular weight excluding hydrogens is 264 g/mol. The van der Waals surface area contributed by atoms with Gasteiger partial charge in [-0.15, -0.1) is 0 Å². The molecule has 21 heavy (non-hydrogen) atoms. The lowest BCUT2D eigenvalue weighted by molar-refractivity contribution is -0.435. The number of methoxy groups -OCH3 is 1. The van der Waals surface area contributed by atoms with Gasteiger partial charge in [0, 0.05) is 17.2 Å². The zero-order valence-corrected chi connectivity index (χ0v) is 12.5. The molecule has 110 valence electrons. The summed E-state index contributed by atoms with van der Waals surface area (Å²) in [5, 5.41) is 16.4. The van der Waals surface area contributed by atoms with Gasteiger partial charge >= 0.3 is 0 Å². The van der Waals surface area contributed by atoms with E-state index in [-0.39, 0.29) is 0 Å². The van der Waals surface area contributed by atoms with Crippen molar-refractivity contribution in [1.82, 2.24) is 0 Å². The fraction of sp³-hybridized carbons (Fsp3) is 0.294. The van der Waals surface area contributed by atoms with Gasteiger partial charge in [-0.3, -0.25) is 0 Å². The maximum absolute atomic E-state index is 12.2. The number of hydrogen-bond donors (Lipinski definition) is 0. The molecule has 0 N–H and O–H groups in total. The van der Waals surface area contributed by atoms with Crippen molar-refractivity contribution in [3.8, 4) is 5.75 Å². The number of ether oxygens (including phenoxy) is 1. The fourth-order valence-electron chi connectivity index (χ4n) is 2.12. The van der Waals surface area contributed by atoms with Gasteiger partial charge < -0.3 is 9.94 Å². The van der Waals surface area contributed by atoms with Crippen molar-refractivity contribution in [3.05, 3.63) is 59.3 Å². The summed E-state index contributed by atoms with van der Waals surface area (Å²) < 4.78 is 5.34. The molecule has 4 nitrogen and oxygen atoms in total. The number of unbranched alkanes of at least 4 members (excludes halogenated alkanes) is 1. The largest absolute Gasteiger partial charge is 0.594 e. The number of rotatable bonds is 6. The van der Waals surface area contributed by atoms with Gasteiger partial charge in [-0.1, -0.05) is 43.7 Å². The maximum atomic E-state index is 12.2. The van der Waals surface area contributed by atoms with Crippen LogP contribution >= 0.6 is 0 Å². The Bertz CT molecular complexity index is 609. The van der Waals surface area contributed by atoms with E-state index in [1.807, 2.05) is 36.4 Å². The Morgan fingerprint density at radius 2 is 1.86 bits per heavy atom. The first-order valence-electron chi connectivity index (χ1n) is 7.16. The first-order valence-corrected chi connectivity index (χ1v) is 7.16. The van der Waals surface area contributed by atoms with E-state index in [9.17, 15) is 5.21 Å². The van der Waals surface area contributed by atoms with E-state index in [0.717, 1.165) is 24.8 Å². The molecule has 2 aromatic carbocycles. The summed E-state index contributed by atoms with van der Waals surface area (Å²) in [6.45, 7) is 2.14. The number of benzene rings is 2. The Hall–Kier alpha value is -2.36. The number of azo groups is 1. The smallest absolute Gasteiger partial charge is 0.244 e. The molecular formula is C17H20N2O2. The molecule has 0 amide bonds.